The Morgan fingerprint density at radius 1 is 0.971 bits per heavy atom. The third-order valence-electron chi connectivity index (χ3n) is 4.67. The van der Waals surface area contributed by atoms with Gasteiger partial charge in [-0.2, -0.15) is 0 Å². The van der Waals surface area contributed by atoms with Crippen LogP contribution in [0.2, 0.25) is 0 Å². The van der Waals surface area contributed by atoms with Crippen molar-refractivity contribution in [2.45, 2.75) is 6.36 Å². The quantitative estimate of drug-likeness (QED) is 0.398. The number of carbonyl (C=O) groups is 2. The van der Waals surface area contributed by atoms with Gasteiger partial charge in [0.15, 0.2) is 11.5 Å². The van der Waals surface area contributed by atoms with Crippen LogP contribution in [0.25, 0.3) is 6.08 Å². The maximum absolute atomic E-state index is 13.1. The van der Waals surface area contributed by atoms with Gasteiger partial charge in [0.1, 0.15) is 11.4 Å². The van der Waals surface area contributed by atoms with Crippen LogP contribution >= 0.6 is 15.9 Å². The highest BCUT2D eigenvalue weighted by molar-refractivity contribution is 9.10. The number of carbonyl (C=O) groups excluding carboxylic acids is 2. The Bertz CT molecular complexity index is 1280. The zero-order valence-electron chi connectivity index (χ0n) is 17.7. The van der Waals surface area contributed by atoms with Crippen molar-refractivity contribution in [3.63, 3.8) is 0 Å². The number of amides is 2. The van der Waals surface area contributed by atoms with Gasteiger partial charge in [-0.25, -0.2) is 0 Å². The minimum absolute atomic E-state index is 0.0566. The number of ether oxygens (including phenoxy) is 3. The van der Waals surface area contributed by atoms with Crippen molar-refractivity contribution in [1.82, 2.24) is 5.32 Å². The van der Waals surface area contributed by atoms with E-state index < -0.39 is 23.9 Å². The molecule has 0 unspecified atom stereocenters. The molecular formula is C24H16BrF3N2O5. The van der Waals surface area contributed by atoms with Crippen LogP contribution in [0.4, 0.5) is 18.9 Å². The number of benzene rings is 3. The highest BCUT2D eigenvalue weighted by Crippen LogP contribution is 2.37. The summed E-state index contributed by atoms with van der Waals surface area (Å²) in [6, 6.07) is 16.2. The van der Waals surface area contributed by atoms with Crippen LogP contribution in [0.15, 0.2) is 76.9 Å². The fourth-order valence-corrected chi connectivity index (χ4v) is 3.52. The van der Waals surface area contributed by atoms with Gasteiger partial charge in [0.25, 0.3) is 11.8 Å². The molecule has 11 heteroatoms. The Morgan fingerprint density at radius 3 is 2.29 bits per heavy atom. The van der Waals surface area contributed by atoms with Crippen LogP contribution in [0, 0.1) is 0 Å². The van der Waals surface area contributed by atoms with E-state index in [1.165, 1.54) is 18.2 Å². The van der Waals surface area contributed by atoms with Gasteiger partial charge in [-0.15, -0.1) is 13.2 Å². The summed E-state index contributed by atoms with van der Waals surface area (Å²) in [5.41, 5.74) is 0.912. The standard InChI is InChI=1S/C24H16BrF3N2O5/c25-18-12-21-20(33-13-34-21)11-15(18)10-19(30-22(31)14-4-2-1-3-5-14)23(32)29-16-6-8-17(9-7-16)35-24(26,27)28/h1-12H,13H2,(H,29,32)(H,30,31)/b19-10-. The summed E-state index contributed by atoms with van der Waals surface area (Å²) in [5, 5.41) is 5.13. The van der Waals surface area contributed by atoms with E-state index in [2.05, 4.69) is 31.3 Å². The molecule has 0 aromatic heterocycles. The number of fused-ring (bicyclic) bond motifs is 1. The van der Waals surface area contributed by atoms with Gasteiger partial charge in [-0.05, 0) is 60.2 Å². The predicted octanol–water partition coefficient (Wildman–Crippen LogP) is 5.49. The minimum atomic E-state index is -4.83. The molecule has 3 aromatic rings. The van der Waals surface area contributed by atoms with Crippen LogP contribution in [0.1, 0.15) is 15.9 Å². The number of hydrogen-bond acceptors (Lipinski definition) is 5. The first-order valence-corrected chi connectivity index (χ1v) is 10.8. The Hall–Kier alpha value is -3.99. The minimum Gasteiger partial charge on any atom is -0.454 e. The van der Waals surface area contributed by atoms with Crippen LogP contribution in [-0.4, -0.2) is 25.0 Å². The fourth-order valence-electron chi connectivity index (χ4n) is 3.08. The van der Waals surface area contributed by atoms with Crippen molar-refractivity contribution in [2.24, 2.45) is 0 Å². The average molecular weight is 549 g/mol. The molecule has 0 fully saturated rings. The number of rotatable bonds is 6. The third kappa shape index (κ3) is 6.33. The summed E-state index contributed by atoms with van der Waals surface area (Å²) in [6.45, 7) is 0.0566. The molecule has 0 atom stereocenters. The van der Waals surface area contributed by atoms with E-state index in [9.17, 15) is 22.8 Å². The van der Waals surface area contributed by atoms with Crippen LogP contribution in [-0.2, 0) is 4.79 Å². The van der Waals surface area contributed by atoms with E-state index in [4.69, 9.17) is 9.47 Å². The van der Waals surface area contributed by atoms with Crippen LogP contribution in [0.3, 0.4) is 0 Å². The molecule has 1 heterocycles. The third-order valence-corrected chi connectivity index (χ3v) is 5.35. The molecule has 0 saturated heterocycles. The predicted molar refractivity (Wildman–Crippen MR) is 124 cm³/mol. The lowest BCUT2D eigenvalue weighted by Gasteiger charge is -2.13. The van der Waals surface area contributed by atoms with Gasteiger partial charge in [0.05, 0.1) is 0 Å². The Balaban J connectivity index is 1.60. The first-order chi connectivity index (χ1) is 16.7. The summed E-state index contributed by atoms with van der Waals surface area (Å²) < 4.78 is 52.3. The molecule has 0 bridgehead atoms. The smallest absolute Gasteiger partial charge is 0.454 e. The molecule has 0 aliphatic carbocycles. The van der Waals surface area contributed by atoms with E-state index in [1.54, 1.807) is 42.5 Å². The average Bonchev–Trinajstić information content (AvgIpc) is 3.26. The number of nitrogens with one attached hydrogen (secondary N) is 2. The van der Waals surface area contributed by atoms with Crippen molar-refractivity contribution < 1.29 is 37.0 Å². The molecule has 2 N–H and O–H groups in total. The largest absolute Gasteiger partial charge is 0.573 e. The monoisotopic (exact) mass is 548 g/mol. The van der Waals surface area contributed by atoms with Crippen molar-refractivity contribution in [3.05, 3.63) is 88.0 Å². The molecule has 1 aliphatic rings. The molecule has 35 heavy (non-hydrogen) atoms. The van der Waals surface area contributed by atoms with Crippen LogP contribution in [0.5, 0.6) is 17.2 Å². The van der Waals surface area contributed by atoms with E-state index >= 15 is 0 Å². The first-order valence-electron chi connectivity index (χ1n) is 10.0. The van der Waals surface area contributed by atoms with Gasteiger partial charge in [-0.3, -0.25) is 9.59 Å². The summed E-state index contributed by atoms with van der Waals surface area (Å²) >= 11 is 3.41. The molecule has 0 saturated carbocycles. The lowest BCUT2D eigenvalue weighted by molar-refractivity contribution is -0.274. The second kappa shape index (κ2) is 10.1. The van der Waals surface area contributed by atoms with E-state index in [1.807, 2.05) is 0 Å². The second-order valence-corrected chi connectivity index (χ2v) is 7.99. The molecule has 2 amide bonds. The lowest BCUT2D eigenvalue weighted by Crippen LogP contribution is -2.30. The summed E-state index contributed by atoms with van der Waals surface area (Å²) in [6.07, 6.45) is -3.40. The van der Waals surface area contributed by atoms with Crippen molar-refractivity contribution in [3.8, 4) is 17.2 Å². The molecule has 4 rings (SSSR count). The number of halogens is 4. The maximum Gasteiger partial charge on any atom is 0.573 e. The summed E-state index contributed by atoms with van der Waals surface area (Å²) in [5.74, 6) is -0.683. The Kier molecular flexibility index (Phi) is 6.97. The maximum atomic E-state index is 13.1. The lowest BCUT2D eigenvalue weighted by atomic mass is 10.1. The van der Waals surface area contributed by atoms with Crippen molar-refractivity contribution in [2.75, 3.05) is 12.1 Å². The van der Waals surface area contributed by atoms with E-state index in [-0.39, 0.29) is 18.2 Å². The molecule has 180 valence electrons. The van der Waals surface area contributed by atoms with Gasteiger partial charge in [0, 0.05) is 15.7 Å². The Morgan fingerprint density at radius 2 is 1.63 bits per heavy atom. The van der Waals surface area contributed by atoms with Gasteiger partial charge < -0.3 is 24.8 Å². The first kappa shape index (κ1) is 24.1. The van der Waals surface area contributed by atoms with Gasteiger partial charge >= 0.3 is 6.36 Å². The van der Waals surface area contributed by atoms with Crippen molar-refractivity contribution in [1.29, 1.82) is 0 Å². The SMILES string of the molecule is O=C(Nc1ccc(OC(F)(F)F)cc1)/C(=C/c1cc2c(cc1Br)OCO2)NC(=O)c1ccccc1. The number of alkyl halides is 3. The highest BCUT2D eigenvalue weighted by Gasteiger charge is 2.31. The van der Waals surface area contributed by atoms with Crippen molar-refractivity contribution >= 4 is 39.5 Å². The van der Waals surface area contributed by atoms with Gasteiger partial charge in [0.2, 0.25) is 6.79 Å². The summed E-state index contributed by atoms with van der Waals surface area (Å²) in [4.78, 5) is 25.8. The molecule has 3 aromatic carbocycles. The molecular weight excluding hydrogens is 533 g/mol. The Labute approximate surface area is 205 Å². The van der Waals surface area contributed by atoms with Crippen LogP contribution < -0.4 is 24.8 Å². The molecule has 0 spiro atoms. The molecule has 1 aliphatic heterocycles. The number of anilines is 1. The summed E-state index contributed by atoms with van der Waals surface area (Å²) in [7, 11) is 0. The molecule has 7 nitrogen and oxygen atoms in total. The molecule has 0 radical (unpaired) electrons. The van der Waals surface area contributed by atoms with E-state index in [0.717, 1.165) is 12.1 Å². The normalized spacial score (nSPS) is 12.7. The van der Waals surface area contributed by atoms with Gasteiger partial charge in [-0.1, -0.05) is 34.1 Å². The zero-order chi connectivity index (χ0) is 25.0. The zero-order valence-corrected chi connectivity index (χ0v) is 19.3. The fraction of sp³-hybridized carbons (Fsp3) is 0.0833. The van der Waals surface area contributed by atoms with E-state index in [0.29, 0.717) is 27.1 Å². The topological polar surface area (TPSA) is 85.9 Å². The number of hydrogen-bond donors (Lipinski definition) is 2. The second-order valence-electron chi connectivity index (χ2n) is 7.13. The highest BCUT2D eigenvalue weighted by atomic mass is 79.9.